The summed E-state index contributed by atoms with van der Waals surface area (Å²) in [6.45, 7) is -1.05. The molecule has 2 aliphatic heterocycles. The molecule has 0 saturated heterocycles. The molecule has 1 aromatic carbocycles. The average molecular weight is 470 g/mol. The van der Waals surface area contributed by atoms with Crippen molar-refractivity contribution < 1.29 is 23.1 Å². The highest BCUT2D eigenvalue weighted by Crippen LogP contribution is 2.31. The maximum Gasteiger partial charge on any atom is 0.405 e. The van der Waals surface area contributed by atoms with E-state index in [1.54, 1.807) is 41.3 Å². The van der Waals surface area contributed by atoms with Gasteiger partial charge < -0.3 is 25.2 Å². The molecule has 11 heteroatoms. The first kappa shape index (κ1) is 23.1. The minimum atomic E-state index is -4.48. The molecule has 2 aromatic rings. The van der Waals surface area contributed by atoms with Gasteiger partial charge in [0.15, 0.2) is 5.82 Å². The highest BCUT2D eigenvalue weighted by molar-refractivity contribution is 5.98. The number of aliphatic hydroxyl groups excluding tert-OH is 1. The van der Waals surface area contributed by atoms with E-state index in [4.69, 9.17) is 0 Å². The van der Waals surface area contributed by atoms with Gasteiger partial charge in [-0.1, -0.05) is 18.1 Å². The number of nitrogens with zero attached hydrogens (tertiary/aromatic N) is 4. The van der Waals surface area contributed by atoms with Gasteiger partial charge >= 0.3 is 12.2 Å². The van der Waals surface area contributed by atoms with E-state index in [9.17, 15) is 23.1 Å². The predicted octanol–water partition coefficient (Wildman–Crippen LogP) is 2.86. The molecule has 2 amide bonds. The smallest absolute Gasteiger partial charge is 0.390 e. The number of halogens is 3. The predicted molar refractivity (Wildman–Crippen MR) is 120 cm³/mol. The Morgan fingerprint density at radius 2 is 2.15 bits per heavy atom. The van der Waals surface area contributed by atoms with Gasteiger partial charge in [-0.05, 0) is 35.8 Å². The number of anilines is 1. The first-order valence-corrected chi connectivity index (χ1v) is 10.3. The second-order valence-electron chi connectivity index (χ2n) is 7.63. The van der Waals surface area contributed by atoms with Crippen LogP contribution < -0.4 is 10.6 Å². The summed E-state index contributed by atoms with van der Waals surface area (Å²) >= 11 is 0. The number of nitrogens with one attached hydrogen (secondary N) is 2. The van der Waals surface area contributed by atoms with Crippen LogP contribution in [0.5, 0.6) is 0 Å². The maximum absolute atomic E-state index is 12.3. The number of hydrogen-bond donors (Lipinski definition) is 3. The molecule has 3 N–H and O–H groups in total. The van der Waals surface area contributed by atoms with Crippen LogP contribution in [0.1, 0.15) is 23.1 Å². The van der Waals surface area contributed by atoms with Crippen molar-refractivity contribution >= 4 is 17.6 Å². The number of aliphatic hydroxyl groups is 1. The molecular weight excluding hydrogens is 449 g/mol. The molecule has 1 atom stereocenters. The van der Waals surface area contributed by atoms with Crippen molar-refractivity contribution in [2.45, 2.75) is 18.8 Å². The van der Waals surface area contributed by atoms with Crippen molar-refractivity contribution in [3.63, 3.8) is 0 Å². The Bertz CT molecular complexity index is 1250. The lowest BCUT2D eigenvalue weighted by Crippen LogP contribution is -2.36. The first-order valence-electron chi connectivity index (χ1n) is 10.3. The van der Waals surface area contributed by atoms with E-state index in [0.29, 0.717) is 23.8 Å². The summed E-state index contributed by atoms with van der Waals surface area (Å²) in [5.41, 5.74) is 2.65. The molecule has 176 valence electrons. The number of aliphatic imine (C=N–C) groups is 1. The molecular formula is C23H21F3N6O2. The molecule has 1 unspecified atom stereocenters. The van der Waals surface area contributed by atoms with E-state index in [0.717, 1.165) is 17.0 Å². The van der Waals surface area contributed by atoms with E-state index < -0.39 is 18.8 Å². The lowest BCUT2D eigenvalue weighted by atomic mass is 10.0. The number of carbonyl (C=O) groups excluding carboxylic acids is 1. The summed E-state index contributed by atoms with van der Waals surface area (Å²) in [5, 5.41) is 13.5. The van der Waals surface area contributed by atoms with E-state index in [1.165, 1.54) is 0 Å². The molecule has 1 aromatic heterocycles. The van der Waals surface area contributed by atoms with Gasteiger partial charge in [0.25, 0.3) is 0 Å². The highest BCUT2D eigenvalue weighted by atomic mass is 19.4. The summed E-state index contributed by atoms with van der Waals surface area (Å²) in [5.74, 6) is 7.31. The number of amides is 2. The van der Waals surface area contributed by atoms with Gasteiger partial charge in [0.05, 0.1) is 31.1 Å². The van der Waals surface area contributed by atoms with Crippen molar-refractivity contribution in [1.82, 2.24) is 19.8 Å². The Hall–Kier alpha value is -4.04. The fraction of sp³-hybridized carbons (Fsp3) is 0.261. The third-order valence-corrected chi connectivity index (χ3v) is 5.27. The molecule has 4 rings (SSSR count). The van der Waals surface area contributed by atoms with Crippen LogP contribution in [0.25, 0.3) is 0 Å². The Balaban J connectivity index is 1.42. The number of aromatic nitrogens is 2. The zero-order valence-electron chi connectivity index (χ0n) is 18.1. The summed E-state index contributed by atoms with van der Waals surface area (Å²) in [6, 6.07) is 5.85. The van der Waals surface area contributed by atoms with Crippen LogP contribution in [-0.2, 0) is 13.7 Å². The summed E-state index contributed by atoms with van der Waals surface area (Å²) < 4.78 is 38.6. The lowest BCUT2D eigenvalue weighted by Gasteiger charge is -2.26. The zero-order chi connectivity index (χ0) is 24.3. The largest absolute Gasteiger partial charge is 0.405 e. The van der Waals surface area contributed by atoms with Gasteiger partial charge in [0.1, 0.15) is 12.4 Å². The molecule has 3 heterocycles. The number of amidine groups is 1. The number of imidazole rings is 1. The number of carbonyl (C=O) groups is 1. The van der Waals surface area contributed by atoms with Crippen LogP contribution >= 0.6 is 0 Å². The number of benzene rings is 1. The Labute approximate surface area is 193 Å². The Morgan fingerprint density at radius 3 is 2.88 bits per heavy atom. The summed E-state index contributed by atoms with van der Waals surface area (Å²) in [6.07, 6.45) is 2.68. The monoisotopic (exact) mass is 470 g/mol. The van der Waals surface area contributed by atoms with Gasteiger partial charge in [-0.2, -0.15) is 13.2 Å². The van der Waals surface area contributed by atoms with Crippen molar-refractivity contribution in [3.8, 4) is 11.8 Å². The Kier molecular flexibility index (Phi) is 6.43. The van der Waals surface area contributed by atoms with Crippen LogP contribution in [0.3, 0.4) is 0 Å². The van der Waals surface area contributed by atoms with Crippen LogP contribution in [-0.4, -0.2) is 50.7 Å². The molecule has 2 aliphatic rings. The number of urea groups is 1. The van der Waals surface area contributed by atoms with Crippen LogP contribution in [0.4, 0.5) is 23.7 Å². The van der Waals surface area contributed by atoms with Crippen LogP contribution in [0.2, 0.25) is 0 Å². The molecule has 0 aliphatic carbocycles. The minimum absolute atomic E-state index is 0.115. The number of allylic oxidation sites excluding steroid dienone is 2. The van der Waals surface area contributed by atoms with Crippen molar-refractivity contribution in [1.29, 1.82) is 0 Å². The van der Waals surface area contributed by atoms with Gasteiger partial charge in [-0.3, -0.25) is 4.99 Å². The highest BCUT2D eigenvalue weighted by Gasteiger charge is 2.29. The molecule has 0 radical (unpaired) electrons. The quantitative estimate of drug-likeness (QED) is 0.599. The molecule has 0 fully saturated rings. The topological polar surface area (TPSA) is 94.8 Å². The zero-order valence-corrected chi connectivity index (χ0v) is 18.1. The molecule has 8 nitrogen and oxygen atoms in total. The van der Waals surface area contributed by atoms with Crippen LogP contribution in [0, 0.1) is 11.8 Å². The third-order valence-electron chi connectivity index (χ3n) is 5.27. The van der Waals surface area contributed by atoms with Crippen molar-refractivity contribution in [2.24, 2.45) is 12.0 Å². The van der Waals surface area contributed by atoms with Gasteiger partial charge in [0.2, 0.25) is 0 Å². The lowest BCUT2D eigenvalue weighted by molar-refractivity contribution is -0.122. The molecule has 0 saturated carbocycles. The van der Waals surface area contributed by atoms with E-state index in [1.807, 2.05) is 29.3 Å². The summed E-state index contributed by atoms with van der Waals surface area (Å²) in [7, 11) is 1.78. The van der Waals surface area contributed by atoms with E-state index >= 15 is 0 Å². The van der Waals surface area contributed by atoms with Gasteiger partial charge in [-0.15, -0.1) is 0 Å². The second-order valence-corrected chi connectivity index (χ2v) is 7.63. The number of rotatable bonds is 4. The maximum atomic E-state index is 12.3. The minimum Gasteiger partial charge on any atom is -0.390 e. The second kappa shape index (κ2) is 9.44. The SMILES string of the molecule is Cn1c(CO)cnc1C#CC1=CC2=NCC(c3cccc(NC(=O)NCC(F)(F)F)c3)N2C=C1. The van der Waals surface area contributed by atoms with E-state index in [2.05, 4.69) is 27.1 Å². The number of fused-ring (bicyclic) bond motifs is 1. The average Bonchev–Trinajstić information content (AvgIpc) is 3.38. The summed E-state index contributed by atoms with van der Waals surface area (Å²) in [4.78, 5) is 22.5. The third kappa shape index (κ3) is 5.29. The molecule has 0 spiro atoms. The fourth-order valence-electron chi connectivity index (χ4n) is 3.52. The number of alkyl halides is 3. The fourth-order valence-corrected chi connectivity index (χ4v) is 3.52. The van der Waals surface area contributed by atoms with Crippen LogP contribution in [0.15, 0.2) is 59.4 Å². The van der Waals surface area contributed by atoms with Gasteiger partial charge in [0, 0.05) is 24.5 Å². The Morgan fingerprint density at radius 1 is 1.32 bits per heavy atom. The van der Waals surface area contributed by atoms with Gasteiger partial charge in [-0.25, -0.2) is 9.78 Å². The first-order chi connectivity index (χ1) is 16.2. The number of hydrogen-bond acceptors (Lipinski definition) is 5. The van der Waals surface area contributed by atoms with E-state index in [-0.39, 0.29) is 12.6 Å². The van der Waals surface area contributed by atoms with Crippen molar-refractivity contribution in [2.75, 3.05) is 18.4 Å². The standard InChI is InChI=1S/C23H21F3N6O2/c1-31-18(13-33)11-27-20(31)6-5-15-7-8-32-19(12-28-21(32)9-15)16-3-2-4-17(10-16)30-22(34)29-14-23(24,25)26/h2-4,7-11,19,33H,12-14H2,1H3,(H2,29,30,34). The molecule has 34 heavy (non-hydrogen) atoms. The normalized spacial score (nSPS) is 16.9. The van der Waals surface area contributed by atoms with Crippen molar-refractivity contribution in [3.05, 3.63) is 71.5 Å². The molecule has 0 bridgehead atoms.